The molecular formula is C12H22ClNO. The van der Waals surface area contributed by atoms with E-state index in [1.54, 1.807) is 0 Å². The maximum absolute atomic E-state index is 6.15. The van der Waals surface area contributed by atoms with E-state index in [0.717, 1.165) is 31.7 Å². The molecule has 15 heavy (non-hydrogen) atoms. The lowest BCUT2D eigenvalue weighted by atomic mass is 10.2. The third kappa shape index (κ3) is 4.54. The highest BCUT2D eigenvalue weighted by atomic mass is 35.5. The Hall–Kier alpha value is -0.0500. The predicted molar refractivity (Wildman–Crippen MR) is 65.3 cm³/mol. The molecule has 1 aliphatic heterocycles. The average molecular weight is 232 g/mol. The molecular weight excluding hydrogens is 210 g/mol. The fourth-order valence-electron chi connectivity index (χ4n) is 1.88. The Morgan fingerprint density at radius 2 is 2.07 bits per heavy atom. The third-order valence-electron chi connectivity index (χ3n) is 2.71. The zero-order valence-electron chi connectivity index (χ0n) is 9.84. The van der Waals surface area contributed by atoms with E-state index in [0.29, 0.717) is 0 Å². The van der Waals surface area contributed by atoms with Gasteiger partial charge in [-0.25, -0.2) is 0 Å². The molecule has 1 aliphatic rings. The summed E-state index contributed by atoms with van der Waals surface area (Å²) in [6, 6.07) is 0. The molecule has 0 N–H and O–H groups in total. The van der Waals surface area contributed by atoms with Crippen molar-refractivity contribution in [2.75, 3.05) is 19.7 Å². The van der Waals surface area contributed by atoms with Crippen LogP contribution in [0.15, 0.2) is 12.2 Å². The summed E-state index contributed by atoms with van der Waals surface area (Å²) in [7, 11) is 0. The number of nitrogens with zero attached hydrogens (tertiary/aromatic N) is 1. The van der Waals surface area contributed by atoms with Crippen molar-refractivity contribution < 1.29 is 4.74 Å². The molecule has 0 aromatic heterocycles. The van der Waals surface area contributed by atoms with Crippen LogP contribution in [0.2, 0.25) is 0 Å². The van der Waals surface area contributed by atoms with Gasteiger partial charge in [0.05, 0.1) is 12.0 Å². The largest absolute Gasteiger partial charge is 0.361 e. The molecule has 0 spiro atoms. The van der Waals surface area contributed by atoms with Crippen LogP contribution in [0.4, 0.5) is 0 Å². The predicted octanol–water partition coefficient (Wildman–Crippen LogP) is 3.02. The van der Waals surface area contributed by atoms with Gasteiger partial charge in [0.15, 0.2) is 0 Å². The van der Waals surface area contributed by atoms with Gasteiger partial charge < -0.3 is 4.74 Å². The van der Waals surface area contributed by atoms with Gasteiger partial charge in [-0.1, -0.05) is 5.57 Å². The Morgan fingerprint density at radius 3 is 2.53 bits per heavy atom. The van der Waals surface area contributed by atoms with Crippen molar-refractivity contribution in [3.8, 4) is 0 Å². The van der Waals surface area contributed by atoms with Gasteiger partial charge in [0, 0.05) is 13.1 Å². The molecule has 0 radical (unpaired) electrons. The third-order valence-corrected chi connectivity index (χ3v) is 2.93. The van der Waals surface area contributed by atoms with Crippen molar-refractivity contribution in [2.24, 2.45) is 0 Å². The van der Waals surface area contributed by atoms with Crippen LogP contribution in [0, 0.1) is 0 Å². The quantitative estimate of drug-likeness (QED) is 0.515. The van der Waals surface area contributed by atoms with Crippen molar-refractivity contribution >= 4 is 11.6 Å². The molecule has 0 aromatic carbocycles. The molecule has 0 saturated carbocycles. The van der Waals surface area contributed by atoms with Crippen LogP contribution in [0.3, 0.4) is 0 Å². The van der Waals surface area contributed by atoms with Crippen LogP contribution in [0.25, 0.3) is 0 Å². The van der Waals surface area contributed by atoms with E-state index in [1.165, 1.54) is 12.8 Å². The first-order chi connectivity index (χ1) is 7.11. The Morgan fingerprint density at radius 1 is 1.47 bits per heavy atom. The summed E-state index contributed by atoms with van der Waals surface area (Å²) in [4.78, 5) is 2.34. The maximum Gasteiger partial charge on any atom is 0.126 e. The highest BCUT2D eigenvalue weighted by molar-refractivity contribution is 6.20. The van der Waals surface area contributed by atoms with E-state index in [-0.39, 0.29) is 11.6 Å². The summed E-state index contributed by atoms with van der Waals surface area (Å²) < 4.78 is 5.83. The normalized spacial score (nSPS) is 21.5. The van der Waals surface area contributed by atoms with Crippen molar-refractivity contribution in [2.45, 2.75) is 44.7 Å². The number of halogens is 1. The number of ether oxygens (including phenoxy) is 1. The second-order valence-corrected chi connectivity index (χ2v) is 5.08. The van der Waals surface area contributed by atoms with Crippen LogP contribution < -0.4 is 0 Å². The molecule has 0 amide bonds. The molecule has 0 aliphatic carbocycles. The minimum atomic E-state index is 0.0493. The Bertz CT molecular complexity index is 200. The van der Waals surface area contributed by atoms with E-state index in [9.17, 15) is 0 Å². The van der Waals surface area contributed by atoms with Crippen molar-refractivity contribution in [1.29, 1.82) is 0 Å². The van der Waals surface area contributed by atoms with Gasteiger partial charge in [-0.3, -0.25) is 4.90 Å². The van der Waals surface area contributed by atoms with Crippen LogP contribution in [0.5, 0.6) is 0 Å². The van der Waals surface area contributed by atoms with Gasteiger partial charge in [-0.05, 0) is 33.1 Å². The van der Waals surface area contributed by atoms with Gasteiger partial charge in [0.2, 0.25) is 0 Å². The van der Waals surface area contributed by atoms with E-state index in [4.69, 9.17) is 16.3 Å². The standard InChI is InChI=1S/C12H22ClNO/c1-10(2)6-9-15-12(11(3)13)14-7-4-5-8-14/h11-12H,1,4-9H2,2-3H3. The number of rotatable bonds is 6. The van der Waals surface area contributed by atoms with Crippen LogP contribution in [-0.4, -0.2) is 36.2 Å². The van der Waals surface area contributed by atoms with Gasteiger partial charge in [0.25, 0.3) is 0 Å². The molecule has 1 heterocycles. The van der Waals surface area contributed by atoms with Gasteiger partial charge in [-0.2, -0.15) is 0 Å². The SMILES string of the molecule is C=C(C)CCOC(C(C)Cl)N1CCCC1. The smallest absolute Gasteiger partial charge is 0.126 e. The van der Waals surface area contributed by atoms with Gasteiger partial charge >= 0.3 is 0 Å². The Labute approximate surface area is 98.2 Å². The van der Waals surface area contributed by atoms with Gasteiger partial charge in [0.1, 0.15) is 6.23 Å². The van der Waals surface area contributed by atoms with Crippen molar-refractivity contribution in [3.63, 3.8) is 0 Å². The van der Waals surface area contributed by atoms with Gasteiger partial charge in [-0.15, -0.1) is 18.2 Å². The zero-order valence-corrected chi connectivity index (χ0v) is 10.6. The maximum atomic E-state index is 6.15. The topological polar surface area (TPSA) is 12.5 Å². The highest BCUT2D eigenvalue weighted by Crippen LogP contribution is 2.18. The molecule has 2 unspecified atom stereocenters. The molecule has 1 fully saturated rings. The summed E-state index contributed by atoms with van der Waals surface area (Å²) in [5, 5.41) is 0.0493. The number of alkyl halides is 1. The zero-order chi connectivity index (χ0) is 11.3. The summed E-state index contributed by atoms with van der Waals surface area (Å²) in [6.07, 6.45) is 3.54. The van der Waals surface area contributed by atoms with Crippen LogP contribution in [0.1, 0.15) is 33.1 Å². The lowest BCUT2D eigenvalue weighted by molar-refractivity contribution is -0.0470. The average Bonchev–Trinajstić information content (AvgIpc) is 2.63. The molecule has 3 heteroatoms. The number of likely N-dealkylation sites (tertiary alicyclic amines) is 1. The fourth-order valence-corrected chi connectivity index (χ4v) is 2.11. The van der Waals surface area contributed by atoms with Crippen LogP contribution >= 0.6 is 11.6 Å². The van der Waals surface area contributed by atoms with E-state index in [2.05, 4.69) is 11.5 Å². The first kappa shape index (κ1) is 13.0. The monoisotopic (exact) mass is 231 g/mol. The fraction of sp³-hybridized carbons (Fsp3) is 0.833. The number of hydrogen-bond acceptors (Lipinski definition) is 2. The lowest BCUT2D eigenvalue weighted by Gasteiger charge is -2.29. The molecule has 1 rings (SSSR count). The van der Waals surface area contributed by atoms with Crippen molar-refractivity contribution in [3.05, 3.63) is 12.2 Å². The van der Waals surface area contributed by atoms with E-state index in [1.807, 2.05) is 13.8 Å². The summed E-state index contributed by atoms with van der Waals surface area (Å²) in [6.45, 7) is 10.9. The number of hydrogen-bond donors (Lipinski definition) is 0. The molecule has 2 nitrogen and oxygen atoms in total. The molecule has 2 atom stereocenters. The molecule has 0 bridgehead atoms. The first-order valence-electron chi connectivity index (χ1n) is 5.75. The second-order valence-electron chi connectivity index (χ2n) is 4.39. The lowest BCUT2D eigenvalue weighted by Crippen LogP contribution is -2.40. The highest BCUT2D eigenvalue weighted by Gasteiger charge is 2.26. The Balaban J connectivity index is 2.33. The second kappa shape index (κ2) is 6.51. The Kier molecular flexibility index (Phi) is 5.65. The molecule has 0 aromatic rings. The van der Waals surface area contributed by atoms with Crippen LogP contribution in [-0.2, 0) is 4.74 Å². The minimum Gasteiger partial charge on any atom is -0.361 e. The van der Waals surface area contributed by atoms with E-state index < -0.39 is 0 Å². The molecule has 88 valence electrons. The van der Waals surface area contributed by atoms with E-state index >= 15 is 0 Å². The summed E-state index contributed by atoms with van der Waals surface area (Å²) >= 11 is 6.15. The minimum absolute atomic E-state index is 0.0493. The van der Waals surface area contributed by atoms with Crippen molar-refractivity contribution in [1.82, 2.24) is 4.90 Å². The summed E-state index contributed by atoms with van der Waals surface area (Å²) in [5.74, 6) is 0. The first-order valence-corrected chi connectivity index (χ1v) is 6.19. The molecule has 1 saturated heterocycles. The summed E-state index contributed by atoms with van der Waals surface area (Å²) in [5.41, 5.74) is 1.16.